The average Bonchev–Trinajstić information content (AvgIpc) is 3.48. The van der Waals surface area contributed by atoms with Crippen molar-refractivity contribution in [1.82, 2.24) is 0 Å². The van der Waals surface area contributed by atoms with E-state index < -0.39 is 0 Å². The van der Waals surface area contributed by atoms with Crippen LogP contribution in [-0.2, 0) is 15.9 Å². The molecule has 0 radical (unpaired) electrons. The third-order valence-electron chi connectivity index (χ3n) is 4.54. The van der Waals surface area contributed by atoms with Gasteiger partial charge in [0.15, 0.2) is 0 Å². The van der Waals surface area contributed by atoms with E-state index in [1.54, 1.807) is 0 Å². The molecule has 2 atom stereocenters. The zero-order valence-electron chi connectivity index (χ0n) is 14.8. The Balaban J connectivity index is 1.38. The van der Waals surface area contributed by atoms with E-state index in [4.69, 9.17) is 18.9 Å². The maximum absolute atomic E-state index is 5.80. The average molecular weight is 340 g/mol. The summed E-state index contributed by atoms with van der Waals surface area (Å²) in [5.74, 6) is 1.89. The van der Waals surface area contributed by atoms with E-state index in [9.17, 15) is 0 Å². The van der Waals surface area contributed by atoms with Crippen LogP contribution in [0.2, 0.25) is 0 Å². The lowest BCUT2D eigenvalue weighted by Crippen LogP contribution is -2.05. The van der Waals surface area contributed by atoms with Gasteiger partial charge in [0.25, 0.3) is 0 Å². The number of rotatable bonds is 8. The number of ether oxygens (including phenoxy) is 4. The predicted octanol–water partition coefficient (Wildman–Crippen LogP) is 3.45. The van der Waals surface area contributed by atoms with Gasteiger partial charge in [-0.25, -0.2) is 0 Å². The molecule has 0 spiro atoms. The lowest BCUT2D eigenvalue weighted by molar-refractivity contribution is 0.261. The first kappa shape index (κ1) is 16.4. The third kappa shape index (κ3) is 4.53. The molecule has 2 unspecified atom stereocenters. The van der Waals surface area contributed by atoms with Crippen molar-refractivity contribution in [1.29, 1.82) is 0 Å². The SMILES string of the molecule is Cc1cc(Cc2ccc(OCC3CO3)c(C)c2)ccc1OCC1CO1. The molecule has 2 aliphatic heterocycles. The molecule has 132 valence electrons. The standard InChI is InChI=1S/C21H24O4/c1-14-7-16(3-5-20(14)24-12-18-10-22-18)9-17-4-6-21(15(2)8-17)25-13-19-11-23-19/h3-8,18-19H,9-13H2,1-2H3. The van der Waals surface area contributed by atoms with Gasteiger partial charge < -0.3 is 18.9 Å². The van der Waals surface area contributed by atoms with Crippen molar-refractivity contribution in [2.45, 2.75) is 32.5 Å². The molecule has 4 heteroatoms. The Morgan fingerprint density at radius 2 is 1.24 bits per heavy atom. The van der Waals surface area contributed by atoms with E-state index in [0.717, 1.165) is 31.1 Å². The lowest BCUT2D eigenvalue weighted by atomic mass is 10.0. The molecular formula is C21H24O4. The van der Waals surface area contributed by atoms with Crippen molar-refractivity contribution in [3.05, 3.63) is 58.7 Å². The monoisotopic (exact) mass is 340 g/mol. The normalized spacial score (nSPS) is 21.0. The molecule has 4 nitrogen and oxygen atoms in total. The molecule has 0 amide bonds. The van der Waals surface area contributed by atoms with Gasteiger partial charge in [-0.3, -0.25) is 0 Å². The minimum atomic E-state index is 0.286. The molecular weight excluding hydrogens is 316 g/mol. The summed E-state index contributed by atoms with van der Waals surface area (Å²) in [6.45, 7) is 7.12. The molecule has 0 bridgehead atoms. The zero-order chi connectivity index (χ0) is 17.2. The quantitative estimate of drug-likeness (QED) is 0.691. The molecule has 2 aromatic rings. The molecule has 2 aliphatic rings. The molecule has 2 heterocycles. The van der Waals surface area contributed by atoms with E-state index >= 15 is 0 Å². The van der Waals surface area contributed by atoms with E-state index in [0.29, 0.717) is 13.2 Å². The number of epoxide rings is 2. The number of hydrogen-bond donors (Lipinski definition) is 0. The molecule has 2 fully saturated rings. The van der Waals surface area contributed by atoms with Gasteiger partial charge in [-0.2, -0.15) is 0 Å². The van der Waals surface area contributed by atoms with E-state index in [-0.39, 0.29) is 12.2 Å². The molecule has 0 aliphatic carbocycles. The Hall–Kier alpha value is -2.04. The summed E-state index contributed by atoms with van der Waals surface area (Å²) in [4.78, 5) is 0. The first-order chi connectivity index (χ1) is 12.2. The minimum absolute atomic E-state index is 0.286. The maximum atomic E-state index is 5.80. The zero-order valence-corrected chi connectivity index (χ0v) is 14.8. The summed E-state index contributed by atoms with van der Waals surface area (Å²) >= 11 is 0. The van der Waals surface area contributed by atoms with Gasteiger partial charge in [0.05, 0.1) is 13.2 Å². The van der Waals surface area contributed by atoms with Crippen LogP contribution in [-0.4, -0.2) is 38.6 Å². The second-order valence-electron chi connectivity index (χ2n) is 6.91. The molecule has 25 heavy (non-hydrogen) atoms. The van der Waals surface area contributed by atoms with Gasteiger partial charge in [-0.15, -0.1) is 0 Å². The summed E-state index contributed by atoms with van der Waals surface area (Å²) in [5.41, 5.74) is 4.90. The first-order valence-electron chi connectivity index (χ1n) is 8.85. The van der Waals surface area contributed by atoms with Gasteiger partial charge in [0, 0.05) is 0 Å². The Bertz CT molecular complexity index is 684. The molecule has 4 rings (SSSR count). The Labute approximate surface area is 148 Å². The highest BCUT2D eigenvalue weighted by Crippen LogP contribution is 2.25. The fourth-order valence-electron chi connectivity index (χ4n) is 2.90. The van der Waals surface area contributed by atoms with Crippen molar-refractivity contribution < 1.29 is 18.9 Å². The van der Waals surface area contributed by atoms with Gasteiger partial charge >= 0.3 is 0 Å². The van der Waals surface area contributed by atoms with Crippen LogP contribution in [0.5, 0.6) is 11.5 Å². The van der Waals surface area contributed by atoms with Gasteiger partial charge in [0.2, 0.25) is 0 Å². The molecule has 0 saturated carbocycles. The number of aryl methyl sites for hydroxylation is 2. The van der Waals surface area contributed by atoms with Gasteiger partial charge in [-0.1, -0.05) is 24.3 Å². The van der Waals surface area contributed by atoms with Crippen molar-refractivity contribution in [2.75, 3.05) is 26.4 Å². The van der Waals surface area contributed by atoms with Crippen LogP contribution in [0.15, 0.2) is 36.4 Å². The minimum Gasteiger partial charge on any atom is -0.491 e. The highest BCUT2D eigenvalue weighted by atomic mass is 16.6. The van der Waals surface area contributed by atoms with Crippen LogP contribution in [0.4, 0.5) is 0 Å². The highest BCUT2D eigenvalue weighted by molar-refractivity contribution is 5.41. The third-order valence-corrected chi connectivity index (χ3v) is 4.54. The van der Waals surface area contributed by atoms with E-state index in [1.807, 2.05) is 0 Å². The maximum Gasteiger partial charge on any atom is 0.122 e. The lowest BCUT2D eigenvalue weighted by Gasteiger charge is -2.12. The van der Waals surface area contributed by atoms with E-state index in [2.05, 4.69) is 50.2 Å². The van der Waals surface area contributed by atoms with Crippen molar-refractivity contribution in [2.24, 2.45) is 0 Å². The topological polar surface area (TPSA) is 43.5 Å². The summed E-state index contributed by atoms with van der Waals surface area (Å²) in [6.07, 6.45) is 1.48. The molecule has 2 saturated heterocycles. The molecule has 2 aromatic carbocycles. The van der Waals surface area contributed by atoms with Crippen molar-refractivity contribution in [3.63, 3.8) is 0 Å². The smallest absolute Gasteiger partial charge is 0.122 e. The second kappa shape index (κ2) is 7.06. The predicted molar refractivity (Wildman–Crippen MR) is 95.6 cm³/mol. The van der Waals surface area contributed by atoms with Crippen LogP contribution in [0.25, 0.3) is 0 Å². The van der Waals surface area contributed by atoms with Crippen LogP contribution < -0.4 is 9.47 Å². The number of hydrogen-bond acceptors (Lipinski definition) is 4. The summed E-state index contributed by atoms with van der Waals surface area (Å²) in [5, 5.41) is 0. The van der Waals surface area contributed by atoms with Crippen LogP contribution in [0.1, 0.15) is 22.3 Å². The van der Waals surface area contributed by atoms with Crippen molar-refractivity contribution in [3.8, 4) is 11.5 Å². The second-order valence-corrected chi connectivity index (χ2v) is 6.91. The Morgan fingerprint density at radius 1 is 0.800 bits per heavy atom. The Morgan fingerprint density at radius 3 is 1.60 bits per heavy atom. The molecule has 0 N–H and O–H groups in total. The van der Waals surface area contributed by atoms with Crippen LogP contribution in [0, 0.1) is 13.8 Å². The Kier molecular flexibility index (Phi) is 4.64. The largest absolute Gasteiger partial charge is 0.491 e. The van der Waals surface area contributed by atoms with Crippen molar-refractivity contribution >= 4 is 0 Å². The van der Waals surface area contributed by atoms with Crippen LogP contribution >= 0.6 is 0 Å². The van der Waals surface area contributed by atoms with Crippen LogP contribution in [0.3, 0.4) is 0 Å². The summed E-state index contributed by atoms with van der Waals surface area (Å²) in [6, 6.07) is 12.8. The van der Waals surface area contributed by atoms with Gasteiger partial charge in [-0.05, 0) is 54.7 Å². The summed E-state index contributed by atoms with van der Waals surface area (Å²) in [7, 11) is 0. The van der Waals surface area contributed by atoms with E-state index in [1.165, 1.54) is 22.3 Å². The first-order valence-corrected chi connectivity index (χ1v) is 8.85. The molecule has 0 aromatic heterocycles. The number of benzene rings is 2. The highest BCUT2D eigenvalue weighted by Gasteiger charge is 2.24. The fourth-order valence-corrected chi connectivity index (χ4v) is 2.90. The van der Waals surface area contributed by atoms with Gasteiger partial charge in [0.1, 0.15) is 36.9 Å². The fraction of sp³-hybridized carbons (Fsp3) is 0.429. The summed E-state index contributed by atoms with van der Waals surface area (Å²) < 4.78 is 22.0.